The van der Waals surface area contributed by atoms with Crippen LogP contribution in [-0.4, -0.2) is 52.2 Å². The lowest BCUT2D eigenvalue weighted by molar-refractivity contribution is -0.117. The summed E-state index contributed by atoms with van der Waals surface area (Å²) in [7, 11) is 0. The molecule has 32 heavy (non-hydrogen) atoms. The van der Waals surface area contributed by atoms with E-state index < -0.39 is 0 Å². The van der Waals surface area contributed by atoms with Gasteiger partial charge in [0.25, 0.3) is 5.91 Å². The van der Waals surface area contributed by atoms with Crippen LogP contribution < -0.4 is 10.6 Å². The molecule has 1 saturated heterocycles. The second-order valence-electron chi connectivity index (χ2n) is 7.94. The van der Waals surface area contributed by atoms with E-state index in [0.29, 0.717) is 23.0 Å². The van der Waals surface area contributed by atoms with Crippen LogP contribution in [0.5, 0.6) is 0 Å². The Morgan fingerprint density at radius 1 is 1.03 bits per heavy atom. The monoisotopic (exact) mass is 451 g/mol. The summed E-state index contributed by atoms with van der Waals surface area (Å²) < 4.78 is 1.58. The molecule has 2 amide bonds. The first-order valence-corrected chi connectivity index (χ1v) is 11.1. The number of benzene rings is 2. The van der Waals surface area contributed by atoms with Crippen LogP contribution in [0.1, 0.15) is 28.9 Å². The van der Waals surface area contributed by atoms with E-state index in [2.05, 4.69) is 20.6 Å². The second-order valence-corrected chi connectivity index (χ2v) is 8.29. The van der Waals surface area contributed by atoms with Crippen molar-refractivity contribution in [3.05, 3.63) is 77.1 Å². The van der Waals surface area contributed by atoms with Crippen molar-refractivity contribution in [2.75, 3.05) is 25.0 Å². The summed E-state index contributed by atoms with van der Waals surface area (Å²) in [6.07, 6.45) is 1.54. The minimum absolute atomic E-state index is 0.0329. The quantitative estimate of drug-likeness (QED) is 0.599. The summed E-state index contributed by atoms with van der Waals surface area (Å²) in [5, 5.41) is 10.8. The Hall–Kier alpha value is -3.16. The Labute approximate surface area is 192 Å². The van der Waals surface area contributed by atoms with Crippen molar-refractivity contribution in [3.8, 4) is 5.69 Å². The van der Waals surface area contributed by atoms with Crippen LogP contribution in [0.2, 0.25) is 5.15 Å². The largest absolute Gasteiger partial charge is 0.349 e. The van der Waals surface area contributed by atoms with Crippen molar-refractivity contribution in [1.29, 1.82) is 0 Å². The van der Waals surface area contributed by atoms with Gasteiger partial charge in [0, 0.05) is 24.8 Å². The number of anilines is 1. The lowest BCUT2D eigenvalue weighted by Crippen LogP contribution is -2.46. The highest BCUT2D eigenvalue weighted by Crippen LogP contribution is 2.24. The van der Waals surface area contributed by atoms with E-state index in [9.17, 15) is 9.59 Å². The standard InChI is InChI=1S/C24H26ClN5O2/c1-17-22(23(25)30(28-17)20-10-6-3-7-11-20)24(32)27-19-12-14-29(15-13-19)16-21(31)26-18-8-4-2-5-9-18/h2-11,19H,12-16H2,1H3,(H,26,31)(H,27,32). The Balaban J connectivity index is 1.30. The number of amides is 2. The second kappa shape index (κ2) is 9.97. The Morgan fingerprint density at radius 2 is 1.66 bits per heavy atom. The number of carbonyl (C=O) groups excluding carboxylic acids is 2. The van der Waals surface area contributed by atoms with Crippen LogP contribution in [0.15, 0.2) is 60.7 Å². The maximum absolute atomic E-state index is 12.9. The Bertz CT molecular complexity index is 1080. The molecule has 2 heterocycles. The Kier molecular flexibility index (Phi) is 6.87. The lowest BCUT2D eigenvalue weighted by Gasteiger charge is -2.31. The fourth-order valence-corrected chi connectivity index (χ4v) is 4.27. The SMILES string of the molecule is Cc1nn(-c2ccccc2)c(Cl)c1C(=O)NC1CCN(CC(=O)Nc2ccccc2)CC1. The highest BCUT2D eigenvalue weighted by atomic mass is 35.5. The minimum Gasteiger partial charge on any atom is -0.349 e. The summed E-state index contributed by atoms with van der Waals surface area (Å²) in [5.74, 6) is -0.246. The van der Waals surface area contributed by atoms with Crippen LogP contribution in [0, 0.1) is 6.92 Å². The molecule has 0 aliphatic carbocycles. The van der Waals surface area contributed by atoms with Gasteiger partial charge in [-0.15, -0.1) is 0 Å². The maximum atomic E-state index is 12.9. The van der Waals surface area contributed by atoms with Crippen LogP contribution in [-0.2, 0) is 4.79 Å². The van der Waals surface area contributed by atoms with Gasteiger partial charge in [0.1, 0.15) is 5.15 Å². The number of likely N-dealkylation sites (tertiary alicyclic amines) is 1. The van der Waals surface area contributed by atoms with Gasteiger partial charge in [-0.05, 0) is 44.0 Å². The zero-order valence-corrected chi connectivity index (χ0v) is 18.7. The zero-order valence-electron chi connectivity index (χ0n) is 17.9. The van der Waals surface area contributed by atoms with E-state index in [1.807, 2.05) is 60.7 Å². The molecule has 2 N–H and O–H groups in total. The van der Waals surface area contributed by atoms with Gasteiger partial charge < -0.3 is 10.6 Å². The van der Waals surface area contributed by atoms with Crippen molar-refractivity contribution in [2.24, 2.45) is 0 Å². The Morgan fingerprint density at radius 3 is 2.31 bits per heavy atom. The maximum Gasteiger partial charge on any atom is 0.256 e. The highest BCUT2D eigenvalue weighted by molar-refractivity contribution is 6.33. The summed E-state index contributed by atoms with van der Waals surface area (Å²) in [4.78, 5) is 27.3. The summed E-state index contributed by atoms with van der Waals surface area (Å²) in [6, 6.07) is 19.0. The van der Waals surface area contributed by atoms with Crippen LogP contribution >= 0.6 is 11.6 Å². The molecule has 2 aromatic carbocycles. The molecule has 1 aliphatic rings. The fraction of sp³-hybridized carbons (Fsp3) is 0.292. The molecule has 0 bridgehead atoms. The van der Waals surface area contributed by atoms with Gasteiger partial charge in [0.15, 0.2) is 0 Å². The van der Waals surface area contributed by atoms with Crippen molar-refractivity contribution >= 4 is 29.1 Å². The number of piperidine rings is 1. The number of hydrogen-bond donors (Lipinski definition) is 2. The summed E-state index contributed by atoms with van der Waals surface area (Å²) >= 11 is 6.51. The third-order valence-electron chi connectivity index (χ3n) is 5.58. The van der Waals surface area contributed by atoms with Gasteiger partial charge in [0.05, 0.1) is 23.5 Å². The molecule has 1 aromatic heterocycles. The van der Waals surface area contributed by atoms with Gasteiger partial charge in [-0.3, -0.25) is 14.5 Å². The van der Waals surface area contributed by atoms with E-state index in [1.54, 1.807) is 11.6 Å². The average molecular weight is 452 g/mol. The fourth-order valence-electron chi connectivity index (χ4n) is 3.92. The first kappa shape index (κ1) is 22.0. The molecule has 166 valence electrons. The van der Waals surface area contributed by atoms with Gasteiger partial charge in [0.2, 0.25) is 5.91 Å². The van der Waals surface area contributed by atoms with Crippen molar-refractivity contribution in [3.63, 3.8) is 0 Å². The molecule has 0 saturated carbocycles. The minimum atomic E-state index is -0.213. The van der Waals surface area contributed by atoms with E-state index in [1.165, 1.54) is 0 Å². The van der Waals surface area contributed by atoms with E-state index >= 15 is 0 Å². The van der Waals surface area contributed by atoms with Crippen LogP contribution in [0.25, 0.3) is 5.69 Å². The predicted octanol–water partition coefficient (Wildman–Crippen LogP) is 3.67. The summed E-state index contributed by atoms with van der Waals surface area (Å²) in [6.45, 7) is 3.60. The smallest absolute Gasteiger partial charge is 0.256 e. The van der Waals surface area contributed by atoms with Crippen molar-refractivity contribution < 1.29 is 9.59 Å². The van der Waals surface area contributed by atoms with Crippen LogP contribution in [0.3, 0.4) is 0 Å². The molecular formula is C24H26ClN5O2. The van der Waals surface area contributed by atoms with Gasteiger partial charge in [-0.2, -0.15) is 5.10 Å². The molecule has 0 unspecified atom stereocenters. The van der Waals surface area contributed by atoms with E-state index in [-0.39, 0.29) is 17.9 Å². The number of aryl methyl sites for hydroxylation is 1. The molecule has 4 rings (SSSR count). The topological polar surface area (TPSA) is 79.3 Å². The van der Waals surface area contributed by atoms with Crippen molar-refractivity contribution in [2.45, 2.75) is 25.8 Å². The number of para-hydroxylation sites is 2. The number of hydrogen-bond acceptors (Lipinski definition) is 4. The highest BCUT2D eigenvalue weighted by Gasteiger charge is 2.26. The van der Waals surface area contributed by atoms with Gasteiger partial charge >= 0.3 is 0 Å². The summed E-state index contributed by atoms with van der Waals surface area (Å²) in [5.41, 5.74) is 2.59. The first-order chi connectivity index (χ1) is 15.5. The van der Waals surface area contributed by atoms with E-state index in [4.69, 9.17) is 11.6 Å². The number of carbonyl (C=O) groups is 2. The molecule has 3 aromatic rings. The third kappa shape index (κ3) is 5.18. The molecular weight excluding hydrogens is 426 g/mol. The third-order valence-corrected chi connectivity index (χ3v) is 5.93. The van der Waals surface area contributed by atoms with Gasteiger partial charge in [-0.1, -0.05) is 48.0 Å². The molecule has 7 nitrogen and oxygen atoms in total. The number of rotatable bonds is 6. The van der Waals surface area contributed by atoms with Gasteiger partial charge in [-0.25, -0.2) is 4.68 Å². The molecule has 0 radical (unpaired) electrons. The average Bonchev–Trinajstić information content (AvgIpc) is 3.10. The van der Waals surface area contributed by atoms with E-state index in [0.717, 1.165) is 37.3 Å². The molecule has 1 fully saturated rings. The predicted molar refractivity (Wildman–Crippen MR) is 125 cm³/mol. The number of halogens is 1. The number of aromatic nitrogens is 2. The molecule has 0 atom stereocenters. The number of nitrogens with zero attached hydrogens (tertiary/aromatic N) is 3. The zero-order chi connectivity index (χ0) is 22.5. The number of nitrogens with one attached hydrogen (secondary N) is 2. The van der Waals surface area contributed by atoms with Crippen LogP contribution in [0.4, 0.5) is 5.69 Å². The van der Waals surface area contributed by atoms with Crippen molar-refractivity contribution in [1.82, 2.24) is 20.0 Å². The lowest BCUT2D eigenvalue weighted by atomic mass is 10.0. The molecule has 0 spiro atoms. The first-order valence-electron chi connectivity index (χ1n) is 10.7. The molecule has 8 heteroatoms. The molecule has 1 aliphatic heterocycles. The normalized spacial score (nSPS) is 14.8.